The second-order valence-corrected chi connectivity index (χ2v) is 19.0. The fourth-order valence-electron chi connectivity index (χ4n) is 11.1. The van der Waals surface area contributed by atoms with Gasteiger partial charge >= 0.3 is 24.0 Å². The summed E-state index contributed by atoms with van der Waals surface area (Å²) in [5.74, 6) is -4.04. The number of ether oxygens (including phenoxy) is 7. The van der Waals surface area contributed by atoms with Gasteiger partial charge in [-0.05, 0) is 70.2 Å². The molecule has 0 unspecified atom stereocenters. The third kappa shape index (κ3) is 7.60. The number of alkyl carbamates (subject to hydrolysis) is 1. The van der Waals surface area contributed by atoms with Crippen molar-refractivity contribution >= 4 is 24.0 Å². The Bertz CT molecular complexity index is 1930. The van der Waals surface area contributed by atoms with E-state index < -0.39 is 119 Å². The van der Waals surface area contributed by atoms with Gasteiger partial charge in [0.25, 0.3) is 6.43 Å². The molecule has 0 spiro atoms. The van der Waals surface area contributed by atoms with Gasteiger partial charge in [-0.25, -0.2) is 23.2 Å². The summed E-state index contributed by atoms with van der Waals surface area (Å²) in [4.78, 5) is 56.1. The van der Waals surface area contributed by atoms with Gasteiger partial charge < -0.3 is 53.8 Å². The van der Waals surface area contributed by atoms with Crippen molar-refractivity contribution in [2.45, 2.75) is 159 Å². The van der Waals surface area contributed by atoms with Crippen LogP contribution in [0.1, 0.15) is 91.4 Å². The first kappa shape index (κ1) is 46.2. The zero-order chi connectivity index (χ0) is 45.3. The molecule has 0 radical (unpaired) electrons. The summed E-state index contributed by atoms with van der Waals surface area (Å²) in [6.45, 7) is 12.9. The molecule has 3 heterocycles. The second kappa shape index (κ2) is 16.7. The predicted octanol–water partition coefficient (Wildman–Crippen LogP) is 3.43. The maximum Gasteiger partial charge on any atom is 0.407 e. The van der Waals surface area contributed by atoms with E-state index in [-0.39, 0.29) is 31.4 Å². The summed E-state index contributed by atoms with van der Waals surface area (Å²) in [6, 6.07) is 5.54. The van der Waals surface area contributed by atoms with Gasteiger partial charge in [0, 0.05) is 43.3 Å². The first-order chi connectivity index (χ1) is 29.0. The van der Waals surface area contributed by atoms with Gasteiger partial charge in [-0.15, -0.1) is 0 Å². The number of hydrogen-bond acceptors (Lipinski definition) is 15. The number of aliphatic hydroxyl groups is 3. The molecule has 1 amide bonds. The van der Waals surface area contributed by atoms with Crippen LogP contribution < -0.4 is 5.32 Å². The van der Waals surface area contributed by atoms with Crippen LogP contribution in [0.3, 0.4) is 0 Å². The van der Waals surface area contributed by atoms with Crippen molar-refractivity contribution in [3.05, 3.63) is 47.0 Å². The molecule has 62 heavy (non-hydrogen) atoms. The van der Waals surface area contributed by atoms with Gasteiger partial charge in [0.05, 0.1) is 36.9 Å². The first-order valence-electron chi connectivity index (χ1n) is 21.4. The molecule has 0 aromatic heterocycles. The van der Waals surface area contributed by atoms with E-state index in [0.717, 1.165) is 13.3 Å². The lowest BCUT2D eigenvalue weighted by molar-refractivity contribution is -0.345. The minimum Gasteiger partial charge on any atom is -0.456 e. The van der Waals surface area contributed by atoms with Gasteiger partial charge in [0.2, 0.25) is 0 Å². The van der Waals surface area contributed by atoms with E-state index in [0.29, 0.717) is 30.5 Å². The number of fused-ring (bicyclic) bond motifs is 8. The highest BCUT2D eigenvalue weighted by molar-refractivity contribution is 5.89. The van der Waals surface area contributed by atoms with Crippen LogP contribution >= 0.6 is 0 Å². The van der Waals surface area contributed by atoms with Crippen LogP contribution in [0.25, 0.3) is 0 Å². The first-order valence-corrected chi connectivity index (χ1v) is 21.4. The average molecular weight is 879 g/mol. The number of amides is 1. The largest absolute Gasteiger partial charge is 0.456 e. The molecular weight excluding hydrogens is 818 g/mol. The number of aliphatic hydroxyl groups excluding tert-OH is 1. The maximum atomic E-state index is 14.6. The maximum absolute atomic E-state index is 14.6. The number of hydrogen-bond donors (Lipinski definition) is 4. The lowest BCUT2D eigenvalue weighted by Gasteiger charge is -2.68. The third-order valence-electron chi connectivity index (χ3n) is 14.6. The Hall–Kier alpha value is -3.78. The van der Waals surface area contributed by atoms with Gasteiger partial charge in [-0.2, -0.15) is 0 Å². The Balaban J connectivity index is 1.39. The number of alkyl halides is 2. The van der Waals surface area contributed by atoms with Gasteiger partial charge in [-0.3, -0.25) is 9.69 Å². The molecule has 2 saturated carbocycles. The molecule has 344 valence electrons. The highest BCUT2D eigenvalue weighted by Crippen LogP contribution is 2.66. The van der Waals surface area contributed by atoms with E-state index >= 15 is 0 Å². The van der Waals surface area contributed by atoms with Crippen molar-refractivity contribution in [1.29, 1.82) is 0 Å². The lowest BCUT2D eigenvalue weighted by Crippen LogP contribution is -2.79. The van der Waals surface area contributed by atoms with Crippen LogP contribution in [0.5, 0.6) is 0 Å². The molecule has 7 rings (SSSR count). The van der Waals surface area contributed by atoms with Crippen LogP contribution in [-0.4, -0.2) is 149 Å². The number of likely N-dealkylation sites (tertiary alicyclic amines) is 1. The molecule has 4 N–H and O–H groups in total. The zero-order valence-electron chi connectivity index (χ0n) is 36.4. The van der Waals surface area contributed by atoms with Crippen molar-refractivity contribution in [2.75, 3.05) is 26.3 Å². The van der Waals surface area contributed by atoms with E-state index in [1.54, 1.807) is 51.1 Å². The number of esters is 3. The van der Waals surface area contributed by atoms with Crippen LogP contribution in [0.4, 0.5) is 13.6 Å². The minimum atomic E-state index is -3.46. The summed E-state index contributed by atoms with van der Waals surface area (Å²) in [6.07, 6.45) is -10.8. The van der Waals surface area contributed by atoms with Crippen LogP contribution in [0, 0.1) is 16.7 Å². The quantitative estimate of drug-likeness (QED) is 0.135. The highest BCUT2D eigenvalue weighted by Gasteiger charge is 2.77. The monoisotopic (exact) mass is 878 g/mol. The van der Waals surface area contributed by atoms with Gasteiger partial charge in [0.15, 0.2) is 17.5 Å². The van der Waals surface area contributed by atoms with Gasteiger partial charge in [-0.1, -0.05) is 39.0 Å². The molecular formula is C44H60F2N2O14. The van der Waals surface area contributed by atoms with Crippen molar-refractivity contribution in [3.8, 4) is 0 Å². The summed E-state index contributed by atoms with van der Waals surface area (Å²) < 4.78 is 72.9. The standard InChI is InChI=1S/C44H60F2N2O14/c1-22(2)57-39(53)47-33(36(45)46)42(8,54)38(52)58-27-18-44(55)35(61-37(51)25-12-10-9-11-13-25)32-41(7,16-14-28-43(32,21-56-28)62-24(4)50)34-31(30(23(27)3)40(44,5)6)59-29(60-34)19-48-17-15-26(48)20-49/h9-13,22,26-29,31-36,49,54-55H,14-21H2,1-8H3,(H,47,53)/t26-,27-,28+,29+,31+,32-,33-,34+,35-,41+,42+,43-,44+/m0/s1. The number of halogens is 2. The van der Waals surface area contributed by atoms with E-state index in [1.807, 2.05) is 17.1 Å². The van der Waals surface area contributed by atoms with E-state index in [2.05, 4.69) is 0 Å². The van der Waals surface area contributed by atoms with E-state index in [4.69, 9.17) is 33.2 Å². The Kier molecular flexibility index (Phi) is 12.4. The molecule has 2 bridgehead atoms. The molecule has 5 fully saturated rings. The molecule has 6 aliphatic rings. The zero-order valence-corrected chi connectivity index (χ0v) is 36.4. The number of carbonyl (C=O) groups excluding carboxylic acids is 4. The highest BCUT2D eigenvalue weighted by atomic mass is 19.3. The molecule has 18 heteroatoms. The average Bonchev–Trinajstić information content (AvgIpc) is 3.59. The van der Waals surface area contributed by atoms with Crippen molar-refractivity contribution in [3.63, 3.8) is 0 Å². The molecule has 13 atom stereocenters. The van der Waals surface area contributed by atoms with Crippen LogP contribution in [0.15, 0.2) is 41.5 Å². The van der Waals surface area contributed by atoms with E-state index in [9.17, 15) is 43.3 Å². The molecule has 3 aliphatic carbocycles. The Morgan fingerprint density at radius 1 is 1.06 bits per heavy atom. The molecule has 3 saturated heterocycles. The molecule has 1 aromatic carbocycles. The Morgan fingerprint density at radius 3 is 2.32 bits per heavy atom. The van der Waals surface area contributed by atoms with E-state index in [1.165, 1.54) is 20.8 Å². The number of carbonyl (C=O) groups is 4. The normalized spacial score (nSPS) is 37.5. The predicted molar refractivity (Wildman–Crippen MR) is 212 cm³/mol. The second-order valence-electron chi connectivity index (χ2n) is 19.0. The smallest absolute Gasteiger partial charge is 0.407 e. The number of benzene rings is 1. The number of nitrogens with zero attached hydrogens (tertiary/aromatic N) is 1. The minimum absolute atomic E-state index is 0.0673. The Labute approximate surface area is 359 Å². The van der Waals surface area contributed by atoms with Crippen LogP contribution in [0.2, 0.25) is 0 Å². The molecule has 1 aromatic rings. The van der Waals surface area contributed by atoms with Crippen molar-refractivity contribution in [2.24, 2.45) is 16.7 Å². The third-order valence-corrected chi connectivity index (χ3v) is 14.6. The topological polar surface area (TPSA) is 209 Å². The van der Waals surface area contributed by atoms with Crippen LogP contribution in [-0.2, 0) is 42.7 Å². The fraction of sp³-hybridized carbons (Fsp3) is 0.727. The Morgan fingerprint density at radius 2 is 1.76 bits per heavy atom. The fourth-order valence-corrected chi connectivity index (χ4v) is 11.1. The summed E-state index contributed by atoms with van der Waals surface area (Å²) in [5.41, 5.74) is -8.25. The SMILES string of the molecule is CC(=O)O[C@@]12CO[C@@H]1CC[C@@]1(C)[C@@H]3O[C@H](CN4CC[C@H]4CO)O[C@@H]3C3=C(C)[C@@H](OC(=O)[C@](C)(O)[C@@H](NC(=O)OC(C)C)C(F)F)C[C@@](O)([C@@H](OC(=O)c4ccccc4)[C@@H]12)C3(C)C. The number of nitrogens with one attached hydrogen (secondary N) is 1. The van der Waals surface area contributed by atoms with Crippen molar-refractivity contribution < 1.29 is 76.4 Å². The summed E-state index contributed by atoms with van der Waals surface area (Å²) >= 11 is 0. The summed E-state index contributed by atoms with van der Waals surface area (Å²) in [5, 5.41) is 37.2. The molecule has 3 aliphatic heterocycles. The number of rotatable bonds is 12. The summed E-state index contributed by atoms with van der Waals surface area (Å²) in [7, 11) is 0. The molecule has 16 nitrogen and oxygen atoms in total. The van der Waals surface area contributed by atoms with Crippen molar-refractivity contribution in [1.82, 2.24) is 10.2 Å². The lowest BCUT2D eigenvalue weighted by atomic mass is 9.45. The van der Waals surface area contributed by atoms with Gasteiger partial charge in [0.1, 0.15) is 36.1 Å².